The molecule has 1 aromatic carbocycles. The highest BCUT2D eigenvalue weighted by Gasteiger charge is 2.37. The molecule has 0 radical (unpaired) electrons. The van der Waals surface area contributed by atoms with Gasteiger partial charge >= 0.3 is 0 Å². The number of primary amides is 1. The fourth-order valence-corrected chi connectivity index (χ4v) is 9.17. The van der Waals surface area contributed by atoms with Crippen LogP contribution in [0.25, 0.3) is 0 Å². The van der Waals surface area contributed by atoms with Gasteiger partial charge in [-0.1, -0.05) is 99.1 Å². The van der Waals surface area contributed by atoms with Gasteiger partial charge in [-0.15, -0.1) is 0 Å². The first kappa shape index (κ1) is 67.8. The predicted molar refractivity (Wildman–Crippen MR) is 289 cm³/mol. The number of aliphatic hydroxyl groups is 1. The van der Waals surface area contributed by atoms with Crippen LogP contribution >= 0.6 is 0 Å². The van der Waals surface area contributed by atoms with Crippen molar-refractivity contribution in [2.24, 2.45) is 76.2 Å². The first-order valence-electron chi connectivity index (χ1n) is 27.3. The van der Waals surface area contributed by atoms with Crippen molar-refractivity contribution in [1.29, 1.82) is 0 Å². The molecular weight excluding hydrogens is 961 g/mol. The number of nitrogens with two attached hydrogens (primary N) is 4. The Morgan fingerprint density at radius 2 is 1.01 bits per heavy atom. The maximum atomic E-state index is 14.6. The third-order valence-electron chi connectivity index (χ3n) is 13.8. The van der Waals surface area contributed by atoms with E-state index in [-0.39, 0.29) is 114 Å². The normalized spacial score (nSPS) is 15.6. The summed E-state index contributed by atoms with van der Waals surface area (Å²) in [6.07, 6.45) is 1.03. The van der Waals surface area contributed by atoms with Crippen LogP contribution in [-0.2, 0) is 54.4 Å². The van der Waals surface area contributed by atoms with Crippen LogP contribution in [0.3, 0.4) is 0 Å². The lowest BCUT2D eigenvalue weighted by atomic mass is 9.85. The van der Waals surface area contributed by atoms with Crippen LogP contribution < -0.4 is 44.2 Å². The van der Waals surface area contributed by atoms with Gasteiger partial charge in [0.15, 0.2) is 23.1 Å². The molecule has 1 aromatic rings. The predicted octanol–water partition coefficient (Wildman–Crippen LogP) is 3.16. The smallest absolute Gasteiger partial charge is 0.224 e. The minimum absolute atomic E-state index is 0.0000954. The highest BCUT2D eigenvalue weighted by Crippen LogP contribution is 2.24. The molecule has 0 bridgehead atoms. The number of nitrogens with one attached hydrogen (secondary N) is 4. The van der Waals surface area contributed by atoms with Crippen LogP contribution in [-0.4, -0.2) is 114 Å². The monoisotopic (exact) mass is 1050 g/mol. The highest BCUT2D eigenvalue weighted by atomic mass is 16.3. The van der Waals surface area contributed by atoms with E-state index in [0.29, 0.717) is 24.8 Å². The fraction of sp³-hybridized carbons (Fsp3) is 0.714. The molecule has 0 saturated carbocycles. The Hall–Kier alpha value is -5.24. The molecule has 10 atom stereocenters. The number of benzene rings is 1. The molecule has 13 N–H and O–H groups in total. The first-order chi connectivity index (χ1) is 35.4. The van der Waals surface area contributed by atoms with E-state index < -0.39 is 119 Å². The van der Waals surface area contributed by atoms with Crippen molar-refractivity contribution < 1.29 is 53.1 Å². The summed E-state index contributed by atoms with van der Waals surface area (Å²) in [6.45, 7) is 16.1. The van der Waals surface area contributed by atoms with E-state index >= 15 is 0 Å². The summed E-state index contributed by atoms with van der Waals surface area (Å²) < 4.78 is 0. The van der Waals surface area contributed by atoms with Gasteiger partial charge in [0, 0.05) is 62.2 Å². The molecule has 0 aliphatic rings. The van der Waals surface area contributed by atoms with Crippen molar-refractivity contribution in [3.8, 4) is 0 Å². The van der Waals surface area contributed by atoms with Gasteiger partial charge in [-0.3, -0.25) is 47.9 Å². The number of hydrogen-bond acceptors (Lipinski definition) is 14. The van der Waals surface area contributed by atoms with E-state index in [2.05, 4.69) is 21.3 Å². The van der Waals surface area contributed by atoms with E-state index in [1.54, 1.807) is 44.2 Å². The Morgan fingerprint density at radius 3 is 1.52 bits per heavy atom. The van der Waals surface area contributed by atoms with Gasteiger partial charge in [0.05, 0.1) is 36.7 Å². The van der Waals surface area contributed by atoms with Gasteiger partial charge in [0.25, 0.3) is 0 Å². The van der Waals surface area contributed by atoms with Crippen molar-refractivity contribution in [2.45, 2.75) is 176 Å². The van der Waals surface area contributed by atoms with Crippen LogP contribution in [0, 0.1) is 53.3 Å². The Labute approximate surface area is 446 Å². The van der Waals surface area contributed by atoms with Gasteiger partial charge in [-0.2, -0.15) is 0 Å². The van der Waals surface area contributed by atoms with Gasteiger partial charge in [-0.25, -0.2) is 0 Å². The number of Topliss-reactive ketones (excluding diaryl/α,β-unsaturated/α-hetero) is 5. The van der Waals surface area contributed by atoms with Gasteiger partial charge in [0.1, 0.15) is 5.78 Å². The number of ketones is 5. The number of carbonyl (C=O) groups is 10. The Balaban J connectivity index is 3.49. The molecule has 19 heteroatoms. The van der Waals surface area contributed by atoms with E-state index in [1.165, 1.54) is 0 Å². The Morgan fingerprint density at radius 1 is 0.533 bits per heavy atom. The largest absolute Gasteiger partial charge is 0.396 e. The molecule has 1 rings (SSSR count). The summed E-state index contributed by atoms with van der Waals surface area (Å²) >= 11 is 0. The molecule has 75 heavy (non-hydrogen) atoms. The first-order valence-corrected chi connectivity index (χ1v) is 27.3. The molecule has 0 aromatic heterocycles. The molecule has 0 heterocycles. The Bertz CT molecular complexity index is 2000. The molecule has 19 nitrogen and oxygen atoms in total. The molecule has 0 aliphatic carbocycles. The molecular formula is C56H94N8O11. The summed E-state index contributed by atoms with van der Waals surface area (Å²) in [7, 11) is 0. The molecule has 5 amide bonds. The number of carbonyl (C=O) groups excluding carboxylic acids is 10. The second-order valence-electron chi connectivity index (χ2n) is 21.6. The topological polar surface area (TPSA) is 343 Å². The number of amides is 5. The van der Waals surface area contributed by atoms with Crippen molar-refractivity contribution in [3.05, 3.63) is 35.9 Å². The van der Waals surface area contributed by atoms with E-state index in [9.17, 15) is 53.1 Å². The van der Waals surface area contributed by atoms with Crippen LogP contribution in [0.15, 0.2) is 30.3 Å². The number of aliphatic hydroxyl groups excluding tert-OH is 1. The molecule has 0 spiro atoms. The van der Waals surface area contributed by atoms with E-state index in [0.717, 1.165) is 0 Å². The second kappa shape index (κ2) is 35.9. The minimum atomic E-state index is -1.15. The summed E-state index contributed by atoms with van der Waals surface area (Å²) in [6, 6.07) is 4.70. The maximum Gasteiger partial charge on any atom is 0.224 e. The lowest BCUT2D eigenvalue weighted by Crippen LogP contribution is -2.51. The number of hydrogen-bond donors (Lipinski definition) is 9. The number of rotatable bonds is 41. The Kier molecular flexibility index (Phi) is 32.5. The fourth-order valence-electron chi connectivity index (χ4n) is 9.17. The molecule has 0 saturated heterocycles. The average Bonchev–Trinajstić information content (AvgIpc) is 3.34. The van der Waals surface area contributed by atoms with Crippen molar-refractivity contribution in [3.63, 3.8) is 0 Å². The lowest BCUT2D eigenvalue weighted by molar-refractivity contribution is -0.137. The van der Waals surface area contributed by atoms with Gasteiger partial charge < -0.3 is 49.3 Å². The quantitative estimate of drug-likeness (QED) is 0.0455. The summed E-state index contributed by atoms with van der Waals surface area (Å²) in [4.78, 5) is 137. The molecule has 424 valence electrons. The zero-order valence-electron chi connectivity index (χ0n) is 46.5. The van der Waals surface area contributed by atoms with Gasteiger partial charge in [0.2, 0.25) is 29.5 Å². The summed E-state index contributed by atoms with van der Waals surface area (Å²) in [5, 5.41) is 21.0. The zero-order chi connectivity index (χ0) is 56.9. The third kappa shape index (κ3) is 25.0. The van der Waals surface area contributed by atoms with E-state index in [1.807, 2.05) is 48.5 Å². The maximum absolute atomic E-state index is 14.6. The molecule has 0 fully saturated rings. The second-order valence-corrected chi connectivity index (χ2v) is 21.6. The molecule has 0 aliphatic heterocycles. The standard InChI is InChI=1S/C56H94N8O11/c1-10-15-42(66)27-38(18-21-57)54(73)64-51(36(9)11-2)50(70)28-39(19-22-58)53(72)62-46(26-37-16-13-12-14-17-37)47(67)29-40(24-33(3)4)55(74)61-44(20-23-59)49(69)31-43(35(7)8)56(75)63-45(25-34(5)6)48(68)30-41(32-65)52(60)71/h12-14,16-17,33-36,38-41,43-46,51,65H,10-11,15,18-32,57-59H2,1-9H3,(H2,60,71)(H,61,74)(H,62,72)(H,63,75)(H,64,73)/t36-,38+,39+,40+,41-,43+,44-,45-,46+,51-/m0/s1. The summed E-state index contributed by atoms with van der Waals surface area (Å²) in [5.41, 5.74) is 23.8. The minimum Gasteiger partial charge on any atom is -0.396 e. The highest BCUT2D eigenvalue weighted by molar-refractivity contribution is 5.98. The average molecular weight is 1060 g/mol. The van der Waals surface area contributed by atoms with Gasteiger partial charge in [-0.05, 0) is 93.8 Å². The SMILES string of the molecule is CCCC(=O)C[C@@H](CCN)C(=O)N[C@H](C(=O)C[C@@H](CCN)C(=O)N[C@H](Cc1ccccc1)C(=O)C[C@@H](CC(C)C)C(=O)N[C@@H](CCN)C(=O)C[C@@H](C(=O)N[C@@H](CC(C)C)C(=O)C[C@@H](CO)C(N)=O)C(C)C)[C@@H](C)CC. The van der Waals surface area contributed by atoms with Crippen molar-refractivity contribution in [2.75, 3.05) is 26.2 Å². The van der Waals surface area contributed by atoms with Crippen molar-refractivity contribution >= 4 is 58.5 Å². The van der Waals surface area contributed by atoms with Crippen LogP contribution in [0.2, 0.25) is 0 Å². The van der Waals surface area contributed by atoms with E-state index in [4.69, 9.17) is 22.9 Å². The van der Waals surface area contributed by atoms with Crippen molar-refractivity contribution in [1.82, 2.24) is 21.3 Å². The molecule has 0 unspecified atom stereocenters. The van der Waals surface area contributed by atoms with Crippen LogP contribution in [0.1, 0.15) is 151 Å². The van der Waals surface area contributed by atoms with Crippen LogP contribution in [0.4, 0.5) is 0 Å². The lowest BCUT2D eigenvalue weighted by Gasteiger charge is -2.28. The third-order valence-corrected chi connectivity index (χ3v) is 13.8. The zero-order valence-corrected chi connectivity index (χ0v) is 46.5. The van der Waals surface area contributed by atoms with Crippen LogP contribution in [0.5, 0.6) is 0 Å². The summed E-state index contributed by atoms with van der Waals surface area (Å²) in [5.74, 6) is -10.6.